The Balaban J connectivity index is 1.87. The molecule has 0 bridgehead atoms. The highest BCUT2D eigenvalue weighted by molar-refractivity contribution is 5.97. The summed E-state index contributed by atoms with van der Waals surface area (Å²) in [5.41, 5.74) is 1.49. The summed E-state index contributed by atoms with van der Waals surface area (Å²) >= 11 is 0. The molecule has 1 amide bonds. The van der Waals surface area contributed by atoms with Crippen LogP contribution in [0.5, 0.6) is 0 Å². The standard InChI is InChI=1S/C16H13F3N2O/c1-10-4-2-3-5-11(10)8-21-9-13-12(15(21)22)6-7-14(20-13)16(17,18)19/h2-7H,8-9H2,1H3. The fraction of sp³-hybridized carbons (Fsp3) is 0.250. The first-order valence-electron chi connectivity index (χ1n) is 6.77. The molecule has 3 rings (SSSR count). The summed E-state index contributed by atoms with van der Waals surface area (Å²) in [5.74, 6) is -0.278. The normalized spacial score (nSPS) is 14.4. The van der Waals surface area contributed by atoms with Crippen molar-refractivity contribution in [3.05, 3.63) is 64.5 Å². The van der Waals surface area contributed by atoms with E-state index in [2.05, 4.69) is 4.98 Å². The van der Waals surface area contributed by atoms with Crippen molar-refractivity contribution in [3.63, 3.8) is 0 Å². The van der Waals surface area contributed by atoms with Crippen molar-refractivity contribution in [2.24, 2.45) is 0 Å². The zero-order chi connectivity index (χ0) is 15.9. The van der Waals surface area contributed by atoms with Crippen molar-refractivity contribution in [3.8, 4) is 0 Å². The summed E-state index contributed by atoms with van der Waals surface area (Å²) in [4.78, 5) is 17.4. The summed E-state index contributed by atoms with van der Waals surface area (Å²) in [7, 11) is 0. The van der Waals surface area contributed by atoms with Crippen molar-refractivity contribution in [2.45, 2.75) is 26.2 Å². The van der Waals surface area contributed by atoms with Crippen LogP contribution in [0.15, 0.2) is 36.4 Å². The summed E-state index contributed by atoms with van der Waals surface area (Å²) in [5, 5.41) is 0. The lowest BCUT2D eigenvalue weighted by molar-refractivity contribution is -0.141. The van der Waals surface area contributed by atoms with Crippen LogP contribution in [-0.4, -0.2) is 15.8 Å². The van der Waals surface area contributed by atoms with Gasteiger partial charge >= 0.3 is 6.18 Å². The molecular weight excluding hydrogens is 293 g/mol. The lowest BCUT2D eigenvalue weighted by Gasteiger charge is -2.16. The number of hydrogen-bond donors (Lipinski definition) is 0. The van der Waals surface area contributed by atoms with Gasteiger partial charge in [0.2, 0.25) is 0 Å². The first kappa shape index (κ1) is 14.6. The Bertz CT molecular complexity index is 740. The Morgan fingerprint density at radius 2 is 1.91 bits per heavy atom. The van der Waals surface area contributed by atoms with Crippen LogP contribution in [0.25, 0.3) is 0 Å². The van der Waals surface area contributed by atoms with Crippen molar-refractivity contribution in [2.75, 3.05) is 0 Å². The molecule has 22 heavy (non-hydrogen) atoms. The van der Waals surface area contributed by atoms with E-state index in [1.54, 1.807) is 0 Å². The van der Waals surface area contributed by atoms with Crippen LogP contribution in [0.4, 0.5) is 13.2 Å². The third kappa shape index (κ3) is 2.56. The molecule has 0 fully saturated rings. The molecule has 3 nitrogen and oxygen atoms in total. The van der Waals surface area contributed by atoms with E-state index < -0.39 is 11.9 Å². The third-order valence-corrected chi connectivity index (χ3v) is 3.75. The summed E-state index contributed by atoms with van der Waals surface area (Å²) in [6.45, 7) is 2.40. The molecule has 2 heterocycles. The van der Waals surface area contributed by atoms with Crippen molar-refractivity contribution < 1.29 is 18.0 Å². The Labute approximate surface area is 125 Å². The molecule has 0 radical (unpaired) electrons. The number of halogens is 3. The SMILES string of the molecule is Cc1ccccc1CN1Cc2nc(C(F)(F)F)ccc2C1=O. The lowest BCUT2D eigenvalue weighted by atomic mass is 10.1. The number of pyridine rings is 1. The van der Waals surface area contributed by atoms with E-state index in [1.165, 1.54) is 11.0 Å². The molecule has 0 saturated heterocycles. The molecule has 2 aromatic rings. The molecule has 1 aliphatic heterocycles. The van der Waals surface area contributed by atoms with Gasteiger partial charge in [-0.3, -0.25) is 4.79 Å². The lowest BCUT2D eigenvalue weighted by Crippen LogP contribution is -2.23. The summed E-state index contributed by atoms with van der Waals surface area (Å²) in [6, 6.07) is 9.68. The predicted octanol–water partition coefficient (Wildman–Crippen LogP) is 3.56. The molecule has 114 valence electrons. The monoisotopic (exact) mass is 306 g/mol. The Morgan fingerprint density at radius 3 is 2.59 bits per heavy atom. The van der Waals surface area contributed by atoms with E-state index in [4.69, 9.17) is 0 Å². The van der Waals surface area contributed by atoms with Crippen LogP contribution in [0.1, 0.15) is 32.9 Å². The van der Waals surface area contributed by atoms with Crippen molar-refractivity contribution >= 4 is 5.91 Å². The third-order valence-electron chi connectivity index (χ3n) is 3.75. The maximum Gasteiger partial charge on any atom is 0.433 e. The second-order valence-corrected chi connectivity index (χ2v) is 5.28. The second-order valence-electron chi connectivity index (χ2n) is 5.28. The van der Waals surface area contributed by atoms with Crippen molar-refractivity contribution in [1.29, 1.82) is 0 Å². The van der Waals surface area contributed by atoms with E-state index in [-0.39, 0.29) is 23.7 Å². The van der Waals surface area contributed by atoms with Crippen molar-refractivity contribution in [1.82, 2.24) is 9.88 Å². The number of rotatable bonds is 2. The topological polar surface area (TPSA) is 33.2 Å². The molecular formula is C16H13F3N2O. The summed E-state index contributed by atoms with van der Waals surface area (Å²) in [6.07, 6.45) is -4.50. The molecule has 0 N–H and O–H groups in total. The number of hydrogen-bond acceptors (Lipinski definition) is 2. The van der Waals surface area contributed by atoms with Gasteiger partial charge in [0.25, 0.3) is 5.91 Å². The minimum Gasteiger partial charge on any atom is -0.328 e. The van der Waals surface area contributed by atoms with Crippen LogP contribution in [-0.2, 0) is 19.3 Å². The number of alkyl halides is 3. The van der Waals surface area contributed by atoms with Gasteiger partial charge in [-0.2, -0.15) is 13.2 Å². The number of carbonyl (C=O) groups excluding carboxylic acids is 1. The molecule has 0 saturated carbocycles. The largest absolute Gasteiger partial charge is 0.433 e. The molecule has 0 spiro atoms. The van der Waals surface area contributed by atoms with Gasteiger partial charge in [-0.1, -0.05) is 24.3 Å². The molecule has 0 unspecified atom stereocenters. The highest BCUT2D eigenvalue weighted by Crippen LogP contribution is 2.31. The van der Waals surface area contributed by atoms with Gasteiger partial charge in [0.1, 0.15) is 5.69 Å². The number of benzene rings is 1. The zero-order valence-electron chi connectivity index (χ0n) is 11.8. The second kappa shape index (κ2) is 5.12. The van der Waals surface area contributed by atoms with Gasteiger partial charge in [-0.15, -0.1) is 0 Å². The number of amides is 1. The van der Waals surface area contributed by atoms with Gasteiger partial charge in [-0.25, -0.2) is 4.98 Å². The average molecular weight is 306 g/mol. The van der Waals surface area contributed by atoms with E-state index in [9.17, 15) is 18.0 Å². The Morgan fingerprint density at radius 1 is 1.18 bits per heavy atom. The molecule has 1 aromatic carbocycles. The van der Waals surface area contributed by atoms with Crippen LogP contribution in [0.2, 0.25) is 0 Å². The molecule has 1 aliphatic rings. The Hall–Kier alpha value is -2.37. The van der Waals surface area contributed by atoms with E-state index in [1.807, 2.05) is 31.2 Å². The summed E-state index contributed by atoms with van der Waals surface area (Å²) < 4.78 is 38.1. The van der Waals surface area contributed by atoms with Crippen LogP contribution >= 0.6 is 0 Å². The minimum atomic E-state index is -4.50. The van der Waals surface area contributed by atoms with Crippen LogP contribution < -0.4 is 0 Å². The fourth-order valence-electron chi connectivity index (χ4n) is 2.52. The number of nitrogens with zero attached hydrogens (tertiary/aromatic N) is 2. The Kier molecular flexibility index (Phi) is 3.39. The van der Waals surface area contributed by atoms with Gasteiger partial charge in [0.05, 0.1) is 17.8 Å². The minimum absolute atomic E-state index is 0.104. The maximum atomic E-state index is 12.7. The molecule has 6 heteroatoms. The number of carbonyl (C=O) groups is 1. The van der Waals surface area contributed by atoms with Gasteiger partial charge in [-0.05, 0) is 30.2 Å². The molecule has 0 atom stereocenters. The first-order chi connectivity index (χ1) is 10.4. The molecule has 1 aromatic heterocycles. The van der Waals surface area contributed by atoms with Gasteiger partial charge in [0, 0.05) is 6.54 Å². The number of aromatic nitrogens is 1. The quantitative estimate of drug-likeness (QED) is 0.850. The van der Waals surface area contributed by atoms with Crippen LogP contribution in [0.3, 0.4) is 0 Å². The highest BCUT2D eigenvalue weighted by Gasteiger charge is 2.36. The first-order valence-corrected chi connectivity index (χ1v) is 6.77. The van der Waals surface area contributed by atoms with Gasteiger partial charge < -0.3 is 4.90 Å². The van der Waals surface area contributed by atoms with E-state index in [0.29, 0.717) is 6.54 Å². The van der Waals surface area contributed by atoms with Gasteiger partial charge in [0.15, 0.2) is 0 Å². The smallest absolute Gasteiger partial charge is 0.328 e. The van der Waals surface area contributed by atoms with E-state index in [0.717, 1.165) is 17.2 Å². The number of aryl methyl sites for hydroxylation is 1. The highest BCUT2D eigenvalue weighted by atomic mass is 19.4. The average Bonchev–Trinajstić information content (AvgIpc) is 2.77. The van der Waals surface area contributed by atoms with E-state index >= 15 is 0 Å². The zero-order valence-corrected chi connectivity index (χ0v) is 11.8. The maximum absolute atomic E-state index is 12.7. The molecule has 0 aliphatic carbocycles. The van der Waals surface area contributed by atoms with Crippen LogP contribution in [0, 0.1) is 6.92 Å². The predicted molar refractivity (Wildman–Crippen MR) is 74.0 cm³/mol. The number of fused-ring (bicyclic) bond motifs is 1. The fourth-order valence-corrected chi connectivity index (χ4v) is 2.52.